The molecule has 0 radical (unpaired) electrons. The molecule has 1 heterocycles. The predicted molar refractivity (Wildman–Crippen MR) is 103 cm³/mol. The summed E-state index contributed by atoms with van der Waals surface area (Å²) in [5, 5.41) is 5.77. The molecule has 142 valence electrons. The third-order valence-corrected chi connectivity index (χ3v) is 5.33. The van der Waals surface area contributed by atoms with Crippen LogP contribution in [0.25, 0.3) is 0 Å². The van der Waals surface area contributed by atoms with Gasteiger partial charge in [-0.15, -0.1) is 0 Å². The van der Waals surface area contributed by atoms with Gasteiger partial charge in [-0.05, 0) is 41.7 Å². The summed E-state index contributed by atoms with van der Waals surface area (Å²) in [7, 11) is 1.62. The number of carbonyl (C=O) groups excluding carboxylic acids is 2. The summed E-state index contributed by atoms with van der Waals surface area (Å²) in [6.45, 7) is 4.93. The summed E-state index contributed by atoms with van der Waals surface area (Å²) in [6.07, 6.45) is 3.92. The summed E-state index contributed by atoms with van der Waals surface area (Å²) in [5.41, 5.74) is 0.851. The topological polar surface area (TPSA) is 80.3 Å². The molecule has 0 spiro atoms. The van der Waals surface area contributed by atoms with Crippen LogP contribution >= 0.6 is 0 Å². The van der Waals surface area contributed by atoms with Gasteiger partial charge in [0.15, 0.2) is 0 Å². The number of methoxy groups -OCH3 is 1. The van der Waals surface area contributed by atoms with Gasteiger partial charge >= 0.3 is 0 Å². The van der Waals surface area contributed by atoms with Crippen LogP contribution in [0.2, 0.25) is 0 Å². The number of carbonyl (C=O) groups is 2. The first kappa shape index (κ1) is 18.9. The second kappa shape index (κ2) is 7.39. The minimum absolute atomic E-state index is 0.00621. The zero-order valence-electron chi connectivity index (χ0n) is 15.9. The van der Waals surface area contributed by atoms with Crippen molar-refractivity contribution in [3.63, 3.8) is 0 Å². The molecule has 2 aromatic rings. The van der Waals surface area contributed by atoms with Gasteiger partial charge in [0.1, 0.15) is 5.75 Å². The van der Waals surface area contributed by atoms with E-state index < -0.39 is 5.41 Å². The first-order valence-electron chi connectivity index (χ1n) is 9.02. The highest BCUT2D eigenvalue weighted by molar-refractivity contribution is 5.94. The molecule has 6 heteroatoms. The van der Waals surface area contributed by atoms with Crippen molar-refractivity contribution < 1.29 is 14.3 Å². The van der Waals surface area contributed by atoms with Gasteiger partial charge in [-0.25, -0.2) is 0 Å². The molecule has 0 bridgehead atoms. The zero-order valence-corrected chi connectivity index (χ0v) is 15.9. The van der Waals surface area contributed by atoms with Gasteiger partial charge in [-0.1, -0.05) is 26.0 Å². The molecule has 1 aromatic heterocycles. The lowest BCUT2D eigenvalue weighted by Crippen LogP contribution is -2.41. The van der Waals surface area contributed by atoms with Crippen LogP contribution in [-0.4, -0.2) is 37.0 Å². The van der Waals surface area contributed by atoms with Crippen molar-refractivity contribution in [1.82, 2.24) is 15.6 Å². The van der Waals surface area contributed by atoms with Gasteiger partial charge in [0.2, 0.25) is 5.91 Å². The molecule has 2 amide bonds. The maximum atomic E-state index is 12.9. The molecule has 1 aliphatic rings. The van der Waals surface area contributed by atoms with E-state index >= 15 is 0 Å². The standard InChI is InChI=1S/C21H25N3O3/c1-20(2)14-21(20,16-6-8-17(27-3)9-7-16)19(26)24-12-11-23-18(25)15-5-4-10-22-13-15/h4-10,13H,11-12,14H2,1-3H3,(H,23,25)(H,24,26)/t21-/m0/s1. The fourth-order valence-corrected chi connectivity index (χ4v) is 3.61. The Morgan fingerprint density at radius 1 is 1.11 bits per heavy atom. The van der Waals surface area contributed by atoms with Crippen LogP contribution in [0.3, 0.4) is 0 Å². The highest BCUT2D eigenvalue weighted by Gasteiger charge is 2.66. The molecule has 6 nitrogen and oxygen atoms in total. The van der Waals surface area contributed by atoms with Crippen LogP contribution in [0.5, 0.6) is 5.75 Å². The number of amides is 2. The summed E-state index contributed by atoms with van der Waals surface area (Å²) >= 11 is 0. The van der Waals surface area contributed by atoms with Gasteiger partial charge in [0.25, 0.3) is 5.91 Å². The Labute approximate surface area is 159 Å². The summed E-state index contributed by atoms with van der Waals surface area (Å²) in [4.78, 5) is 28.9. The summed E-state index contributed by atoms with van der Waals surface area (Å²) < 4.78 is 5.21. The normalized spacial score (nSPS) is 19.8. The first-order chi connectivity index (χ1) is 12.9. The molecule has 2 N–H and O–H groups in total. The molecular weight excluding hydrogens is 342 g/mol. The van der Waals surface area contributed by atoms with Crippen molar-refractivity contribution in [2.24, 2.45) is 5.41 Å². The number of nitrogens with zero attached hydrogens (tertiary/aromatic N) is 1. The molecule has 1 atom stereocenters. The van der Waals surface area contributed by atoms with Crippen molar-refractivity contribution >= 4 is 11.8 Å². The molecule has 27 heavy (non-hydrogen) atoms. The minimum atomic E-state index is -0.535. The van der Waals surface area contributed by atoms with Crippen LogP contribution in [0, 0.1) is 5.41 Å². The Morgan fingerprint density at radius 3 is 2.33 bits per heavy atom. The Balaban J connectivity index is 1.58. The molecule has 1 aliphatic carbocycles. The van der Waals surface area contributed by atoms with E-state index in [-0.39, 0.29) is 17.2 Å². The fraction of sp³-hybridized carbons (Fsp3) is 0.381. The number of rotatable bonds is 7. The van der Waals surface area contributed by atoms with Gasteiger partial charge in [0, 0.05) is 25.5 Å². The van der Waals surface area contributed by atoms with E-state index in [1.54, 1.807) is 25.4 Å². The van der Waals surface area contributed by atoms with Gasteiger partial charge in [-0.2, -0.15) is 0 Å². The van der Waals surface area contributed by atoms with E-state index in [1.165, 1.54) is 6.20 Å². The summed E-state index contributed by atoms with van der Waals surface area (Å²) in [5.74, 6) is 0.563. The lowest BCUT2D eigenvalue weighted by atomic mass is 9.87. The van der Waals surface area contributed by atoms with Crippen LogP contribution in [-0.2, 0) is 10.2 Å². The quantitative estimate of drug-likeness (QED) is 0.736. The van der Waals surface area contributed by atoms with Crippen LogP contribution in [0.15, 0.2) is 48.8 Å². The second-order valence-corrected chi connectivity index (χ2v) is 7.45. The Kier molecular flexibility index (Phi) is 5.17. The predicted octanol–water partition coefficient (Wildman–Crippen LogP) is 2.30. The molecule has 1 saturated carbocycles. The van der Waals surface area contributed by atoms with Crippen molar-refractivity contribution in [2.75, 3.05) is 20.2 Å². The van der Waals surface area contributed by atoms with Crippen LogP contribution < -0.4 is 15.4 Å². The Hall–Kier alpha value is -2.89. The number of pyridine rings is 1. The van der Waals surface area contributed by atoms with E-state index in [1.807, 2.05) is 24.3 Å². The average Bonchev–Trinajstić information content (AvgIpc) is 3.29. The molecule has 1 fully saturated rings. The minimum Gasteiger partial charge on any atom is -0.497 e. The van der Waals surface area contributed by atoms with E-state index in [2.05, 4.69) is 29.5 Å². The molecule has 1 aromatic carbocycles. The smallest absolute Gasteiger partial charge is 0.252 e. The molecule has 0 unspecified atom stereocenters. The third-order valence-electron chi connectivity index (χ3n) is 5.33. The molecule has 0 aliphatic heterocycles. The number of hydrogen-bond acceptors (Lipinski definition) is 4. The van der Waals surface area contributed by atoms with E-state index in [4.69, 9.17) is 4.74 Å². The van der Waals surface area contributed by atoms with Gasteiger partial charge in [0.05, 0.1) is 18.1 Å². The van der Waals surface area contributed by atoms with E-state index in [0.717, 1.165) is 17.7 Å². The van der Waals surface area contributed by atoms with Crippen LogP contribution in [0.1, 0.15) is 36.2 Å². The molecular formula is C21H25N3O3. The van der Waals surface area contributed by atoms with Crippen LogP contribution in [0.4, 0.5) is 0 Å². The maximum absolute atomic E-state index is 12.9. The first-order valence-corrected chi connectivity index (χ1v) is 9.02. The third kappa shape index (κ3) is 3.65. The number of nitrogens with one attached hydrogen (secondary N) is 2. The highest BCUT2D eigenvalue weighted by Crippen LogP contribution is 2.64. The average molecular weight is 367 g/mol. The SMILES string of the molecule is COc1ccc([C@]2(C(=O)NCCNC(=O)c3cccnc3)CC2(C)C)cc1. The Bertz CT molecular complexity index is 818. The zero-order chi connectivity index (χ0) is 19.5. The van der Waals surface area contributed by atoms with E-state index in [9.17, 15) is 9.59 Å². The number of aromatic nitrogens is 1. The summed E-state index contributed by atoms with van der Waals surface area (Å²) in [6, 6.07) is 11.1. The fourth-order valence-electron chi connectivity index (χ4n) is 3.61. The van der Waals surface area contributed by atoms with Crippen molar-refractivity contribution in [2.45, 2.75) is 25.7 Å². The van der Waals surface area contributed by atoms with E-state index in [0.29, 0.717) is 18.7 Å². The molecule has 3 rings (SSSR count). The number of hydrogen-bond donors (Lipinski definition) is 2. The monoisotopic (exact) mass is 367 g/mol. The van der Waals surface area contributed by atoms with Crippen molar-refractivity contribution in [3.8, 4) is 5.75 Å². The van der Waals surface area contributed by atoms with Gasteiger partial charge in [-0.3, -0.25) is 14.6 Å². The van der Waals surface area contributed by atoms with Crippen molar-refractivity contribution in [3.05, 3.63) is 59.9 Å². The van der Waals surface area contributed by atoms with Crippen molar-refractivity contribution in [1.29, 1.82) is 0 Å². The Morgan fingerprint density at radius 2 is 1.78 bits per heavy atom. The molecule has 0 saturated heterocycles. The highest BCUT2D eigenvalue weighted by atomic mass is 16.5. The number of benzene rings is 1. The lowest BCUT2D eigenvalue weighted by Gasteiger charge is -2.21. The maximum Gasteiger partial charge on any atom is 0.252 e. The largest absolute Gasteiger partial charge is 0.497 e. The second-order valence-electron chi connectivity index (χ2n) is 7.45. The number of ether oxygens (including phenoxy) is 1. The van der Waals surface area contributed by atoms with Gasteiger partial charge < -0.3 is 15.4 Å². The lowest BCUT2D eigenvalue weighted by molar-refractivity contribution is -0.124.